The van der Waals surface area contributed by atoms with Crippen molar-refractivity contribution in [3.63, 3.8) is 0 Å². The third kappa shape index (κ3) is 5.80. The zero-order valence-corrected chi connectivity index (χ0v) is 18.6. The summed E-state index contributed by atoms with van der Waals surface area (Å²) in [5.74, 6) is 0. The van der Waals surface area contributed by atoms with E-state index in [-0.39, 0.29) is 0 Å². The number of aromatic nitrogens is 1. The van der Waals surface area contributed by atoms with Crippen LogP contribution in [0, 0.1) is 0 Å². The van der Waals surface area contributed by atoms with Gasteiger partial charge in [0, 0.05) is 0 Å². The number of rotatable bonds is 12. The molecule has 1 heterocycles. The number of unbranched alkanes of at least 4 members (excludes halogenated alkanes) is 2. The zero-order valence-electron chi connectivity index (χ0n) is 16.9. The van der Waals surface area contributed by atoms with Crippen LogP contribution in [0.1, 0.15) is 39.5 Å². The van der Waals surface area contributed by atoms with Crippen LogP contribution in [0.5, 0.6) is 0 Å². The minimum absolute atomic E-state index is 0.366. The van der Waals surface area contributed by atoms with E-state index in [4.69, 9.17) is 9.05 Å². The molecular weight excluding hydrogens is 405 g/mol. The van der Waals surface area contributed by atoms with E-state index < -0.39 is 7.75 Å². The SMILES string of the molecule is CCCCOP(=O)(OCCCC)N(Nc1nc2ccccc2s1)c1ccccc1. The van der Waals surface area contributed by atoms with Gasteiger partial charge in [0.25, 0.3) is 0 Å². The van der Waals surface area contributed by atoms with Crippen molar-refractivity contribution in [2.75, 3.05) is 23.4 Å². The van der Waals surface area contributed by atoms with E-state index in [1.807, 2.05) is 54.6 Å². The molecule has 0 amide bonds. The van der Waals surface area contributed by atoms with Gasteiger partial charge in [-0.1, -0.05) is 68.4 Å². The summed E-state index contributed by atoms with van der Waals surface area (Å²) >= 11 is 1.50. The average molecular weight is 434 g/mol. The van der Waals surface area contributed by atoms with E-state index in [1.165, 1.54) is 16.1 Å². The fraction of sp³-hybridized carbons (Fsp3) is 0.381. The monoisotopic (exact) mass is 433 g/mol. The van der Waals surface area contributed by atoms with E-state index in [9.17, 15) is 4.57 Å². The summed E-state index contributed by atoms with van der Waals surface area (Å²) in [7, 11) is -3.63. The maximum atomic E-state index is 13.9. The Balaban J connectivity index is 1.93. The number of benzene rings is 2. The Labute approximate surface area is 176 Å². The van der Waals surface area contributed by atoms with E-state index in [1.54, 1.807) is 0 Å². The topological polar surface area (TPSA) is 63.7 Å². The number of hydrogen-bond donors (Lipinski definition) is 1. The van der Waals surface area contributed by atoms with Crippen molar-refractivity contribution >= 4 is 40.1 Å². The number of thiazole rings is 1. The molecule has 0 saturated heterocycles. The Kier molecular flexibility index (Phi) is 8.07. The lowest BCUT2D eigenvalue weighted by atomic mass is 10.3. The third-order valence-electron chi connectivity index (χ3n) is 4.25. The molecule has 156 valence electrons. The number of anilines is 2. The number of nitrogens with one attached hydrogen (secondary N) is 1. The molecule has 0 saturated carbocycles. The van der Waals surface area contributed by atoms with Crippen molar-refractivity contribution in [2.24, 2.45) is 0 Å². The van der Waals surface area contributed by atoms with Crippen molar-refractivity contribution in [3.8, 4) is 0 Å². The van der Waals surface area contributed by atoms with E-state index in [0.717, 1.165) is 35.9 Å². The molecule has 0 atom stereocenters. The predicted octanol–water partition coefficient (Wildman–Crippen LogP) is 6.87. The molecule has 2 aromatic carbocycles. The zero-order chi connectivity index (χ0) is 20.5. The number of nitrogens with zero attached hydrogens (tertiary/aromatic N) is 2. The smallest absolute Gasteiger partial charge is 0.291 e. The van der Waals surface area contributed by atoms with Gasteiger partial charge in [-0.3, -0.25) is 14.5 Å². The maximum absolute atomic E-state index is 13.9. The van der Waals surface area contributed by atoms with Gasteiger partial charge in [0.05, 0.1) is 29.1 Å². The summed E-state index contributed by atoms with van der Waals surface area (Å²) in [5.41, 5.74) is 4.79. The fourth-order valence-electron chi connectivity index (χ4n) is 2.65. The molecule has 0 aliphatic heterocycles. The van der Waals surface area contributed by atoms with Gasteiger partial charge in [0.1, 0.15) is 0 Å². The van der Waals surface area contributed by atoms with E-state index in [0.29, 0.717) is 24.0 Å². The molecule has 1 aromatic heterocycles. The van der Waals surface area contributed by atoms with Crippen molar-refractivity contribution in [1.82, 2.24) is 4.98 Å². The van der Waals surface area contributed by atoms with Crippen molar-refractivity contribution in [1.29, 1.82) is 0 Å². The summed E-state index contributed by atoms with van der Waals surface area (Å²) < 4.78 is 28.1. The second-order valence-electron chi connectivity index (χ2n) is 6.59. The first kappa shape index (κ1) is 21.8. The molecule has 3 aromatic rings. The molecule has 8 heteroatoms. The highest BCUT2D eigenvalue weighted by molar-refractivity contribution is 7.55. The molecule has 0 aliphatic rings. The molecular formula is C21H28N3O3PS. The predicted molar refractivity (Wildman–Crippen MR) is 121 cm³/mol. The normalized spacial score (nSPS) is 11.7. The Morgan fingerprint density at radius 3 is 2.21 bits per heavy atom. The fourth-order valence-corrected chi connectivity index (χ4v) is 5.23. The van der Waals surface area contributed by atoms with Crippen LogP contribution < -0.4 is 10.2 Å². The van der Waals surface area contributed by atoms with Crippen molar-refractivity contribution in [2.45, 2.75) is 39.5 Å². The van der Waals surface area contributed by atoms with E-state index in [2.05, 4.69) is 24.3 Å². The molecule has 1 N–H and O–H groups in total. The number of para-hydroxylation sites is 2. The highest BCUT2D eigenvalue weighted by Gasteiger charge is 2.35. The molecule has 0 aliphatic carbocycles. The first-order valence-corrected chi connectivity index (χ1v) is 12.3. The Bertz CT molecular complexity index is 888. The highest BCUT2D eigenvalue weighted by Crippen LogP contribution is 2.54. The van der Waals surface area contributed by atoms with Crippen LogP contribution in [-0.4, -0.2) is 18.2 Å². The van der Waals surface area contributed by atoms with Crippen LogP contribution in [0.3, 0.4) is 0 Å². The minimum Gasteiger partial charge on any atom is -0.291 e. The van der Waals surface area contributed by atoms with Gasteiger partial charge in [0.15, 0.2) is 0 Å². The standard InChI is InChI=1S/C21H28N3O3PS/c1-3-5-16-26-28(25,27-17-6-4-2)24(18-12-8-7-9-13-18)23-21-22-19-14-10-11-15-20(19)29-21/h7-15H,3-6,16-17H2,1-2H3,(H,22,23). The lowest BCUT2D eigenvalue weighted by molar-refractivity contribution is 0.198. The van der Waals surface area contributed by atoms with Gasteiger partial charge in [-0.25, -0.2) is 9.55 Å². The van der Waals surface area contributed by atoms with Gasteiger partial charge < -0.3 is 0 Å². The molecule has 0 spiro atoms. The van der Waals surface area contributed by atoms with Crippen LogP contribution in [-0.2, 0) is 13.6 Å². The third-order valence-corrected chi connectivity index (χ3v) is 7.03. The van der Waals surface area contributed by atoms with Crippen LogP contribution in [0.15, 0.2) is 54.6 Å². The van der Waals surface area contributed by atoms with Crippen LogP contribution in [0.4, 0.5) is 10.8 Å². The summed E-state index contributed by atoms with van der Waals surface area (Å²) in [5, 5.41) is 0.633. The lowest BCUT2D eigenvalue weighted by Gasteiger charge is -2.31. The average Bonchev–Trinajstić information content (AvgIpc) is 3.16. The maximum Gasteiger partial charge on any atom is 0.453 e. The van der Waals surface area contributed by atoms with Crippen molar-refractivity contribution in [3.05, 3.63) is 54.6 Å². The molecule has 0 radical (unpaired) electrons. The molecule has 29 heavy (non-hydrogen) atoms. The highest BCUT2D eigenvalue weighted by atomic mass is 32.1. The lowest BCUT2D eigenvalue weighted by Crippen LogP contribution is -2.29. The quantitative estimate of drug-likeness (QED) is 0.191. The summed E-state index contributed by atoms with van der Waals surface area (Å²) in [6, 6.07) is 17.4. The van der Waals surface area contributed by atoms with Gasteiger partial charge >= 0.3 is 7.75 Å². The van der Waals surface area contributed by atoms with Crippen LogP contribution in [0.2, 0.25) is 0 Å². The molecule has 0 unspecified atom stereocenters. The largest absolute Gasteiger partial charge is 0.453 e. The van der Waals surface area contributed by atoms with Crippen molar-refractivity contribution < 1.29 is 13.6 Å². The molecule has 0 fully saturated rings. The summed E-state index contributed by atoms with van der Waals surface area (Å²) in [4.78, 5) is 4.62. The number of hydrazine groups is 1. The van der Waals surface area contributed by atoms with Gasteiger partial charge in [-0.05, 0) is 37.1 Å². The summed E-state index contributed by atoms with van der Waals surface area (Å²) in [6.07, 6.45) is 3.52. The Morgan fingerprint density at radius 1 is 0.966 bits per heavy atom. The second kappa shape index (κ2) is 10.7. The first-order valence-electron chi connectivity index (χ1n) is 10.0. The first-order chi connectivity index (χ1) is 14.2. The molecule has 0 bridgehead atoms. The summed E-state index contributed by atoms with van der Waals surface area (Å²) in [6.45, 7) is 4.87. The number of fused-ring (bicyclic) bond motifs is 1. The Morgan fingerprint density at radius 2 is 1.59 bits per heavy atom. The van der Waals surface area contributed by atoms with Gasteiger partial charge in [0.2, 0.25) is 5.13 Å². The minimum atomic E-state index is -3.63. The van der Waals surface area contributed by atoms with Crippen LogP contribution >= 0.6 is 19.1 Å². The van der Waals surface area contributed by atoms with Crippen LogP contribution in [0.25, 0.3) is 10.2 Å². The number of hydrogen-bond acceptors (Lipinski definition) is 6. The van der Waals surface area contributed by atoms with Gasteiger partial charge in [-0.2, -0.15) is 4.78 Å². The van der Waals surface area contributed by atoms with Gasteiger partial charge in [-0.15, -0.1) is 0 Å². The van der Waals surface area contributed by atoms with E-state index >= 15 is 0 Å². The Hall–Kier alpha value is -1.92. The second-order valence-corrected chi connectivity index (χ2v) is 9.47. The molecule has 6 nitrogen and oxygen atoms in total. The molecule has 3 rings (SSSR count).